The van der Waals surface area contributed by atoms with Crippen LogP contribution in [0.5, 0.6) is 5.75 Å². The van der Waals surface area contributed by atoms with Gasteiger partial charge in [-0.15, -0.1) is 0 Å². The maximum Gasteiger partial charge on any atom is 0.141 e. The predicted octanol–water partition coefficient (Wildman–Crippen LogP) is 7.65. The summed E-state index contributed by atoms with van der Waals surface area (Å²) in [6.07, 6.45) is 2.83. The van der Waals surface area contributed by atoms with Crippen LogP contribution in [0.25, 0.3) is 21.9 Å². The molecule has 0 unspecified atom stereocenters. The molecule has 1 aliphatic rings. The summed E-state index contributed by atoms with van der Waals surface area (Å²) < 4.78 is 0. The van der Waals surface area contributed by atoms with Gasteiger partial charge in [-0.25, -0.2) is 0 Å². The van der Waals surface area contributed by atoms with Crippen LogP contribution < -0.4 is 0 Å². The molecular formula is C26H33NO. The van der Waals surface area contributed by atoms with Crippen molar-refractivity contribution in [3.8, 4) is 22.9 Å². The van der Waals surface area contributed by atoms with Gasteiger partial charge in [0.05, 0.1) is 5.56 Å². The lowest BCUT2D eigenvalue weighted by Gasteiger charge is -2.16. The standard InChI is InChI=1S/C20H15NO.3C2H6/c21-12-18-16-11-5-7-13-6-1-2-8-14(13)19(16)15-9-3-4-10-17(15)20(18)22;3*1-2/h1-4,6,8-10,22H,5,7,11H2;3*1-2H3. The number of phenolic OH excluding ortho intramolecular Hbond substituents is 1. The van der Waals surface area contributed by atoms with Gasteiger partial charge in [0.15, 0.2) is 0 Å². The molecule has 0 bridgehead atoms. The summed E-state index contributed by atoms with van der Waals surface area (Å²) in [7, 11) is 0. The fourth-order valence-corrected chi connectivity index (χ4v) is 3.59. The Hall–Kier alpha value is -2.79. The Morgan fingerprint density at radius 1 is 0.786 bits per heavy atom. The number of aryl methyl sites for hydroxylation is 1. The second-order valence-corrected chi connectivity index (χ2v) is 5.75. The second-order valence-electron chi connectivity index (χ2n) is 5.75. The summed E-state index contributed by atoms with van der Waals surface area (Å²) >= 11 is 0. The SMILES string of the molecule is CC.CC.CC.N#Cc1c2c(c3ccccc3c1O)-c1ccccc1CCC2. The third-order valence-electron chi connectivity index (χ3n) is 4.56. The fourth-order valence-electron chi connectivity index (χ4n) is 3.59. The third kappa shape index (κ3) is 4.37. The van der Waals surface area contributed by atoms with Gasteiger partial charge in [-0.2, -0.15) is 5.26 Å². The quantitative estimate of drug-likeness (QED) is 0.438. The van der Waals surface area contributed by atoms with Crippen molar-refractivity contribution < 1.29 is 5.11 Å². The van der Waals surface area contributed by atoms with Crippen LogP contribution in [0.4, 0.5) is 0 Å². The van der Waals surface area contributed by atoms with Crippen LogP contribution in [0.1, 0.15) is 64.7 Å². The highest BCUT2D eigenvalue weighted by molar-refractivity contribution is 6.04. The molecule has 1 N–H and O–H groups in total. The van der Waals surface area contributed by atoms with Gasteiger partial charge in [-0.1, -0.05) is 90.1 Å². The lowest BCUT2D eigenvalue weighted by Crippen LogP contribution is -1.96. The first-order valence-electron chi connectivity index (χ1n) is 10.6. The van der Waals surface area contributed by atoms with Crippen LogP contribution in [0, 0.1) is 11.3 Å². The molecule has 0 saturated heterocycles. The summed E-state index contributed by atoms with van der Waals surface area (Å²) in [6, 6.07) is 18.4. The van der Waals surface area contributed by atoms with E-state index in [9.17, 15) is 10.4 Å². The molecule has 0 fully saturated rings. The van der Waals surface area contributed by atoms with E-state index < -0.39 is 0 Å². The molecule has 1 aliphatic carbocycles. The van der Waals surface area contributed by atoms with Crippen molar-refractivity contribution in [3.05, 3.63) is 65.2 Å². The van der Waals surface area contributed by atoms with E-state index in [4.69, 9.17) is 0 Å². The highest BCUT2D eigenvalue weighted by Crippen LogP contribution is 2.43. The van der Waals surface area contributed by atoms with Crippen LogP contribution >= 0.6 is 0 Å². The number of rotatable bonds is 0. The van der Waals surface area contributed by atoms with Crippen molar-refractivity contribution in [2.45, 2.75) is 60.8 Å². The second kappa shape index (κ2) is 11.8. The van der Waals surface area contributed by atoms with Crippen molar-refractivity contribution in [2.75, 3.05) is 0 Å². The fraction of sp³-hybridized carbons (Fsp3) is 0.346. The van der Waals surface area contributed by atoms with Gasteiger partial charge in [0.25, 0.3) is 0 Å². The molecule has 0 aromatic heterocycles. The highest BCUT2D eigenvalue weighted by atomic mass is 16.3. The number of hydrogen-bond acceptors (Lipinski definition) is 2. The molecule has 0 spiro atoms. The normalized spacial score (nSPS) is 10.9. The van der Waals surface area contributed by atoms with E-state index in [0.29, 0.717) is 5.56 Å². The summed E-state index contributed by atoms with van der Waals surface area (Å²) in [5.74, 6) is 0.122. The van der Waals surface area contributed by atoms with Crippen LogP contribution in [0.2, 0.25) is 0 Å². The van der Waals surface area contributed by atoms with Gasteiger partial charge < -0.3 is 5.11 Å². The van der Waals surface area contributed by atoms with Crippen LogP contribution in [-0.4, -0.2) is 5.11 Å². The molecule has 0 amide bonds. The monoisotopic (exact) mass is 375 g/mol. The topological polar surface area (TPSA) is 44.0 Å². The van der Waals surface area contributed by atoms with Crippen LogP contribution in [0.3, 0.4) is 0 Å². The summed E-state index contributed by atoms with van der Waals surface area (Å²) in [5, 5.41) is 21.9. The maximum atomic E-state index is 10.5. The summed E-state index contributed by atoms with van der Waals surface area (Å²) in [6.45, 7) is 12.0. The smallest absolute Gasteiger partial charge is 0.141 e. The molecule has 148 valence electrons. The Morgan fingerprint density at radius 2 is 1.36 bits per heavy atom. The molecule has 0 atom stereocenters. The lowest BCUT2D eigenvalue weighted by molar-refractivity contribution is 0.479. The zero-order chi connectivity index (χ0) is 21.1. The first-order valence-corrected chi connectivity index (χ1v) is 10.6. The van der Waals surface area contributed by atoms with Crippen molar-refractivity contribution >= 4 is 10.8 Å². The van der Waals surface area contributed by atoms with Crippen LogP contribution in [0.15, 0.2) is 48.5 Å². The van der Waals surface area contributed by atoms with Crippen LogP contribution in [-0.2, 0) is 12.8 Å². The molecule has 2 heteroatoms. The minimum Gasteiger partial charge on any atom is -0.506 e. The zero-order valence-electron chi connectivity index (χ0n) is 18.1. The van der Waals surface area contributed by atoms with E-state index in [-0.39, 0.29) is 5.75 Å². The summed E-state index contributed by atoms with van der Waals surface area (Å²) in [4.78, 5) is 0. The van der Waals surface area contributed by atoms with E-state index >= 15 is 0 Å². The molecule has 3 aromatic rings. The molecule has 4 rings (SSSR count). The van der Waals surface area contributed by atoms with Crippen molar-refractivity contribution in [1.82, 2.24) is 0 Å². The predicted molar refractivity (Wildman–Crippen MR) is 122 cm³/mol. The van der Waals surface area contributed by atoms with Gasteiger partial charge >= 0.3 is 0 Å². The van der Waals surface area contributed by atoms with E-state index in [1.807, 2.05) is 71.9 Å². The van der Waals surface area contributed by atoms with Gasteiger partial charge in [0, 0.05) is 5.39 Å². The number of benzene rings is 3. The number of fused-ring (bicyclic) bond motifs is 5. The average molecular weight is 376 g/mol. The van der Waals surface area contributed by atoms with E-state index in [2.05, 4.69) is 24.3 Å². The Morgan fingerprint density at radius 3 is 2.00 bits per heavy atom. The minimum absolute atomic E-state index is 0.122. The molecule has 0 aliphatic heterocycles. The largest absolute Gasteiger partial charge is 0.506 e. The lowest BCUT2D eigenvalue weighted by atomic mass is 9.88. The van der Waals surface area contributed by atoms with Crippen molar-refractivity contribution in [2.24, 2.45) is 0 Å². The van der Waals surface area contributed by atoms with Gasteiger partial charge in [0.1, 0.15) is 11.8 Å². The van der Waals surface area contributed by atoms with Gasteiger partial charge in [-0.3, -0.25) is 0 Å². The molecule has 28 heavy (non-hydrogen) atoms. The zero-order valence-corrected chi connectivity index (χ0v) is 18.1. The minimum atomic E-state index is 0.122. The van der Waals surface area contributed by atoms with Crippen molar-refractivity contribution in [1.29, 1.82) is 5.26 Å². The maximum absolute atomic E-state index is 10.5. The number of hydrogen-bond donors (Lipinski definition) is 1. The first kappa shape index (κ1) is 23.2. The van der Waals surface area contributed by atoms with E-state index in [1.165, 1.54) is 11.1 Å². The van der Waals surface area contributed by atoms with Gasteiger partial charge in [-0.05, 0) is 46.9 Å². The highest BCUT2D eigenvalue weighted by Gasteiger charge is 2.23. The van der Waals surface area contributed by atoms with Crippen molar-refractivity contribution in [3.63, 3.8) is 0 Å². The Bertz CT molecular complexity index is 935. The third-order valence-corrected chi connectivity index (χ3v) is 4.56. The number of nitrogens with zero attached hydrogens (tertiary/aromatic N) is 1. The molecular weight excluding hydrogens is 342 g/mol. The molecule has 0 heterocycles. The first-order chi connectivity index (χ1) is 13.8. The molecule has 2 nitrogen and oxygen atoms in total. The van der Waals surface area contributed by atoms with Gasteiger partial charge in [0.2, 0.25) is 0 Å². The Balaban J connectivity index is 0.000000599. The van der Waals surface area contributed by atoms with E-state index in [1.54, 1.807) is 0 Å². The van der Waals surface area contributed by atoms with E-state index in [0.717, 1.165) is 41.2 Å². The molecule has 3 aromatic carbocycles. The number of aromatic hydroxyl groups is 1. The summed E-state index contributed by atoms with van der Waals surface area (Å²) in [5.41, 5.74) is 5.07. The molecule has 0 radical (unpaired) electrons. The molecule has 0 saturated carbocycles. The number of phenols is 1. The Labute approximate surface area is 170 Å². The number of nitriles is 1. The average Bonchev–Trinajstić information content (AvgIpc) is 2.98. The Kier molecular flexibility index (Phi) is 9.82.